The molecule has 1 saturated heterocycles. The zero-order valence-electron chi connectivity index (χ0n) is 11.6. The third-order valence-corrected chi connectivity index (χ3v) is 3.46. The maximum Gasteiger partial charge on any atom is 0.303 e. The van der Waals surface area contributed by atoms with Crippen molar-refractivity contribution in [1.29, 1.82) is 0 Å². The summed E-state index contributed by atoms with van der Waals surface area (Å²) in [7, 11) is 3.57. The fourth-order valence-corrected chi connectivity index (χ4v) is 2.45. The van der Waals surface area contributed by atoms with Gasteiger partial charge in [-0.15, -0.1) is 0 Å². The lowest BCUT2D eigenvalue weighted by Gasteiger charge is -2.36. The van der Waals surface area contributed by atoms with Crippen LogP contribution in [-0.4, -0.2) is 49.3 Å². The van der Waals surface area contributed by atoms with Gasteiger partial charge in [0, 0.05) is 36.2 Å². The number of aliphatic carboxylic acids is 1. The number of likely N-dealkylation sites (tertiary alicyclic amines) is 1. The molecule has 0 atom stereocenters. The number of carboxylic acid groups (broad SMARTS) is 1. The van der Waals surface area contributed by atoms with Gasteiger partial charge in [-0.25, -0.2) is 0 Å². The number of methoxy groups -OCH3 is 1. The summed E-state index contributed by atoms with van der Waals surface area (Å²) in [6.07, 6.45) is 0.507. The molecular weight excluding hydrogens is 282 g/mol. The van der Waals surface area contributed by atoms with E-state index in [1.165, 1.54) is 0 Å². The Morgan fingerprint density at radius 3 is 2.75 bits per heavy atom. The predicted octanol–water partition coefficient (Wildman–Crippen LogP) is 2.06. The quantitative estimate of drug-likeness (QED) is 0.871. The summed E-state index contributed by atoms with van der Waals surface area (Å²) in [5.41, 5.74) is 0.770. The van der Waals surface area contributed by atoms with Crippen molar-refractivity contribution in [1.82, 2.24) is 4.90 Å². The molecule has 1 aromatic carbocycles. The lowest BCUT2D eigenvalue weighted by Crippen LogP contribution is -2.51. The van der Waals surface area contributed by atoms with Crippen molar-refractivity contribution in [3.8, 4) is 11.5 Å². The van der Waals surface area contributed by atoms with E-state index in [1.54, 1.807) is 19.2 Å². The van der Waals surface area contributed by atoms with Gasteiger partial charge in [0.2, 0.25) is 0 Å². The Morgan fingerprint density at radius 2 is 2.20 bits per heavy atom. The molecule has 5 nitrogen and oxygen atoms in total. The van der Waals surface area contributed by atoms with E-state index in [0.717, 1.165) is 18.7 Å². The Morgan fingerprint density at radius 1 is 1.50 bits per heavy atom. The third-order valence-electron chi connectivity index (χ3n) is 3.24. The second-order valence-electron chi connectivity index (χ2n) is 4.95. The van der Waals surface area contributed by atoms with Crippen molar-refractivity contribution < 1.29 is 19.4 Å². The van der Waals surface area contributed by atoms with Crippen molar-refractivity contribution in [3.05, 3.63) is 22.7 Å². The molecule has 110 valence electrons. The molecule has 1 heterocycles. The minimum atomic E-state index is -0.849. The van der Waals surface area contributed by atoms with Crippen LogP contribution in [0, 0.1) is 0 Å². The molecule has 1 N–H and O–H groups in total. The van der Waals surface area contributed by atoms with Gasteiger partial charge in [0.1, 0.15) is 6.10 Å². The van der Waals surface area contributed by atoms with E-state index in [2.05, 4.69) is 4.90 Å². The summed E-state index contributed by atoms with van der Waals surface area (Å²) < 4.78 is 11.2. The van der Waals surface area contributed by atoms with Crippen molar-refractivity contribution in [2.75, 3.05) is 27.2 Å². The van der Waals surface area contributed by atoms with Crippen molar-refractivity contribution in [2.45, 2.75) is 18.9 Å². The molecule has 0 aromatic heterocycles. The van der Waals surface area contributed by atoms with Crippen LogP contribution in [-0.2, 0) is 11.2 Å². The van der Waals surface area contributed by atoms with Gasteiger partial charge in [0.05, 0.1) is 7.11 Å². The number of rotatable bonds is 6. The number of aryl methyl sites for hydroxylation is 1. The standard InChI is InChI=1S/C14H18ClNO4/c1-16-7-11(8-16)20-14-9(3-4-13(17)18)5-10(15)6-12(14)19-2/h5-6,11H,3-4,7-8H2,1-2H3,(H,17,18). The molecule has 2 rings (SSSR count). The number of ether oxygens (including phenoxy) is 2. The highest BCUT2D eigenvalue weighted by Gasteiger charge is 2.27. The van der Waals surface area contributed by atoms with E-state index in [0.29, 0.717) is 22.9 Å². The van der Waals surface area contributed by atoms with Crippen LogP contribution in [0.15, 0.2) is 12.1 Å². The Balaban J connectivity index is 2.22. The molecule has 1 fully saturated rings. The number of likely N-dealkylation sites (N-methyl/N-ethyl adjacent to an activating group) is 1. The number of benzene rings is 1. The first-order valence-corrected chi connectivity index (χ1v) is 6.80. The number of hydrogen-bond donors (Lipinski definition) is 1. The van der Waals surface area contributed by atoms with E-state index < -0.39 is 5.97 Å². The molecule has 1 aliphatic rings. The average Bonchev–Trinajstić information content (AvgIpc) is 2.36. The Bertz CT molecular complexity index is 500. The lowest BCUT2D eigenvalue weighted by atomic mass is 10.1. The van der Waals surface area contributed by atoms with Crippen molar-refractivity contribution in [3.63, 3.8) is 0 Å². The van der Waals surface area contributed by atoms with E-state index in [4.69, 9.17) is 26.2 Å². The predicted molar refractivity (Wildman–Crippen MR) is 75.9 cm³/mol. The van der Waals surface area contributed by atoms with Gasteiger partial charge < -0.3 is 14.6 Å². The van der Waals surface area contributed by atoms with E-state index in [1.807, 2.05) is 7.05 Å². The largest absolute Gasteiger partial charge is 0.493 e. The van der Waals surface area contributed by atoms with Gasteiger partial charge in [-0.1, -0.05) is 11.6 Å². The molecular formula is C14H18ClNO4. The van der Waals surface area contributed by atoms with Gasteiger partial charge in [-0.3, -0.25) is 9.69 Å². The maximum atomic E-state index is 10.7. The first-order valence-electron chi connectivity index (χ1n) is 6.43. The van der Waals surface area contributed by atoms with Crippen LogP contribution in [0.2, 0.25) is 5.02 Å². The number of carboxylic acids is 1. The molecule has 20 heavy (non-hydrogen) atoms. The molecule has 0 radical (unpaired) electrons. The highest BCUT2D eigenvalue weighted by molar-refractivity contribution is 6.30. The zero-order chi connectivity index (χ0) is 14.7. The molecule has 0 aliphatic carbocycles. The first-order chi connectivity index (χ1) is 9.49. The molecule has 0 unspecified atom stereocenters. The highest BCUT2D eigenvalue weighted by atomic mass is 35.5. The van der Waals surface area contributed by atoms with Crippen LogP contribution in [0.3, 0.4) is 0 Å². The lowest BCUT2D eigenvalue weighted by molar-refractivity contribution is -0.136. The summed E-state index contributed by atoms with van der Waals surface area (Å²) in [5.74, 6) is 0.307. The normalized spacial score (nSPS) is 15.8. The summed E-state index contributed by atoms with van der Waals surface area (Å²) in [4.78, 5) is 12.9. The first kappa shape index (κ1) is 14.9. The number of nitrogens with zero attached hydrogens (tertiary/aromatic N) is 1. The number of halogens is 1. The van der Waals surface area contributed by atoms with Crippen molar-refractivity contribution >= 4 is 17.6 Å². The summed E-state index contributed by atoms with van der Waals surface area (Å²) in [5, 5.41) is 9.34. The van der Waals surface area contributed by atoms with E-state index in [-0.39, 0.29) is 12.5 Å². The minimum absolute atomic E-state index is 0.0322. The van der Waals surface area contributed by atoms with Crippen LogP contribution >= 0.6 is 11.6 Å². The van der Waals surface area contributed by atoms with Gasteiger partial charge in [0.15, 0.2) is 11.5 Å². The topological polar surface area (TPSA) is 59.0 Å². The van der Waals surface area contributed by atoms with E-state index >= 15 is 0 Å². The molecule has 1 aliphatic heterocycles. The Labute approximate surface area is 123 Å². The summed E-state index contributed by atoms with van der Waals surface area (Å²) in [6.45, 7) is 1.70. The van der Waals surface area contributed by atoms with Gasteiger partial charge >= 0.3 is 5.97 Å². The Hall–Kier alpha value is -1.46. The molecule has 6 heteroatoms. The van der Waals surface area contributed by atoms with Crippen molar-refractivity contribution in [2.24, 2.45) is 0 Å². The minimum Gasteiger partial charge on any atom is -0.493 e. The monoisotopic (exact) mass is 299 g/mol. The number of carbonyl (C=O) groups is 1. The fourth-order valence-electron chi connectivity index (χ4n) is 2.22. The van der Waals surface area contributed by atoms with Crippen LogP contribution in [0.1, 0.15) is 12.0 Å². The maximum absolute atomic E-state index is 10.7. The zero-order valence-corrected chi connectivity index (χ0v) is 12.3. The second kappa shape index (κ2) is 6.33. The molecule has 0 bridgehead atoms. The van der Waals surface area contributed by atoms with Crippen LogP contribution < -0.4 is 9.47 Å². The SMILES string of the molecule is COc1cc(Cl)cc(CCC(=O)O)c1OC1CN(C)C1. The third kappa shape index (κ3) is 3.55. The Kier molecular flexibility index (Phi) is 4.73. The van der Waals surface area contributed by atoms with Crippen LogP contribution in [0.4, 0.5) is 0 Å². The van der Waals surface area contributed by atoms with Crippen LogP contribution in [0.5, 0.6) is 11.5 Å². The second-order valence-corrected chi connectivity index (χ2v) is 5.39. The number of hydrogen-bond acceptors (Lipinski definition) is 4. The smallest absolute Gasteiger partial charge is 0.303 e. The molecule has 0 spiro atoms. The molecule has 0 amide bonds. The van der Waals surface area contributed by atoms with Gasteiger partial charge in [-0.05, 0) is 19.5 Å². The van der Waals surface area contributed by atoms with Gasteiger partial charge in [0.25, 0.3) is 0 Å². The van der Waals surface area contributed by atoms with E-state index in [9.17, 15) is 4.79 Å². The highest BCUT2D eigenvalue weighted by Crippen LogP contribution is 2.36. The summed E-state index contributed by atoms with van der Waals surface area (Å²) in [6, 6.07) is 3.42. The fraction of sp³-hybridized carbons (Fsp3) is 0.500. The summed E-state index contributed by atoms with van der Waals surface area (Å²) >= 11 is 6.03. The molecule has 1 aromatic rings. The van der Waals surface area contributed by atoms with Crippen LogP contribution in [0.25, 0.3) is 0 Å². The van der Waals surface area contributed by atoms with Gasteiger partial charge in [-0.2, -0.15) is 0 Å². The molecule has 0 saturated carbocycles. The average molecular weight is 300 g/mol.